The number of aromatic nitrogens is 1. The Kier molecular flexibility index (Phi) is 6.83. The minimum Gasteiger partial charge on any atom is -0.510 e. The Bertz CT molecular complexity index is 1230. The van der Waals surface area contributed by atoms with Gasteiger partial charge >= 0.3 is 0 Å². The highest BCUT2D eigenvalue weighted by Gasteiger charge is 2.31. The zero-order valence-electron chi connectivity index (χ0n) is 20.0. The van der Waals surface area contributed by atoms with Crippen molar-refractivity contribution >= 4 is 44.6 Å². The van der Waals surface area contributed by atoms with E-state index in [1.54, 1.807) is 17.0 Å². The van der Waals surface area contributed by atoms with Gasteiger partial charge in [0.25, 0.3) is 5.91 Å². The van der Waals surface area contributed by atoms with E-state index in [-0.39, 0.29) is 24.0 Å². The van der Waals surface area contributed by atoms with Crippen molar-refractivity contribution in [3.8, 4) is 0 Å². The number of carbonyl (C=O) groups is 1. The van der Waals surface area contributed by atoms with E-state index in [0.29, 0.717) is 28.7 Å². The summed E-state index contributed by atoms with van der Waals surface area (Å²) in [5.74, 6) is 0.264. The number of rotatable bonds is 7. The molecule has 0 spiro atoms. The Morgan fingerprint density at radius 1 is 1.20 bits per heavy atom. The number of aliphatic hydroxyl groups excluding tert-OH is 1. The van der Waals surface area contributed by atoms with Gasteiger partial charge in [-0.15, -0.1) is 11.3 Å². The first-order valence-corrected chi connectivity index (χ1v) is 13.1. The van der Waals surface area contributed by atoms with Crippen LogP contribution in [0.15, 0.2) is 54.3 Å². The van der Waals surface area contributed by atoms with Crippen molar-refractivity contribution < 1.29 is 9.90 Å². The van der Waals surface area contributed by atoms with Crippen molar-refractivity contribution in [2.24, 2.45) is 0 Å². The van der Waals surface area contributed by atoms with E-state index in [4.69, 9.17) is 5.41 Å². The molecule has 1 amide bonds. The summed E-state index contributed by atoms with van der Waals surface area (Å²) in [6, 6.07) is 15.6. The molecule has 5 rings (SSSR count). The highest BCUT2D eigenvalue weighted by molar-refractivity contribution is 7.19. The second-order valence-corrected chi connectivity index (χ2v) is 10.3. The summed E-state index contributed by atoms with van der Waals surface area (Å²) in [5.41, 5.74) is 2.68. The summed E-state index contributed by atoms with van der Waals surface area (Å²) in [4.78, 5) is 21.5. The Morgan fingerprint density at radius 3 is 2.77 bits per heavy atom. The van der Waals surface area contributed by atoms with E-state index in [1.807, 2.05) is 36.4 Å². The maximum Gasteiger partial charge on any atom is 0.251 e. The summed E-state index contributed by atoms with van der Waals surface area (Å²) >= 11 is 1.47. The third kappa shape index (κ3) is 4.94. The average molecular weight is 490 g/mol. The van der Waals surface area contributed by atoms with Gasteiger partial charge in [0, 0.05) is 30.4 Å². The van der Waals surface area contributed by atoms with Crippen LogP contribution in [0, 0.1) is 5.41 Å². The lowest BCUT2D eigenvalue weighted by Gasteiger charge is -2.33. The van der Waals surface area contributed by atoms with Crippen LogP contribution in [0.2, 0.25) is 0 Å². The normalized spacial score (nSPS) is 19.1. The lowest BCUT2D eigenvalue weighted by atomic mass is 10.0. The third-order valence-corrected chi connectivity index (χ3v) is 7.95. The fourth-order valence-electron chi connectivity index (χ4n) is 4.87. The zero-order valence-corrected chi connectivity index (χ0v) is 20.8. The molecule has 0 unspecified atom stereocenters. The number of carbonyl (C=O) groups excluding carboxylic acids is 1. The van der Waals surface area contributed by atoms with Gasteiger partial charge in [-0.2, -0.15) is 0 Å². The van der Waals surface area contributed by atoms with E-state index in [9.17, 15) is 9.90 Å². The molecule has 2 aliphatic rings. The molecular weight excluding hydrogens is 458 g/mol. The maximum atomic E-state index is 12.6. The van der Waals surface area contributed by atoms with Gasteiger partial charge in [-0.3, -0.25) is 10.2 Å². The Labute approximate surface area is 209 Å². The van der Waals surface area contributed by atoms with Gasteiger partial charge < -0.3 is 20.2 Å². The fraction of sp³-hybridized carbons (Fsp3) is 0.370. The fourth-order valence-corrected chi connectivity index (χ4v) is 5.91. The second-order valence-electron chi connectivity index (χ2n) is 9.28. The Balaban J connectivity index is 1.18. The molecule has 1 saturated heterocycles. The molecule has 3 aromatic rings. The van der Waals surface area contributed by atoms with Crippen molar-refractivity contribution in [2.75, 3.05) is 31.1 Å². The number of aliphatic hydroxyl groups is 1. The van der Waals surface area contributed by atoms with E-state index < -0.39 is 0 Å². The van der Waals surface area contributed by atoms with Gasteiger partial charge in [-0.1, -0.05) is 18.6 Å². The quantitative estimate of drug-likeness (QED) is 0.404. The number of anilines is 1. The lowest BCUT2D eigenvalue weighted by molar-refractivity contribution is 0.0949. The molecule has 0 bridgehead atoms. The number of amides is 1. The average Bonchev–Trinajstić information content (AvgIpc) is 3.42. The highest BCUT2D eigenvalue weighted by Crippen LogP contribution is 2.35. The van der Waals surface area contributed by atoms with Crippen molar-refractivity contribution in [3.05, 3.63) is 64.9 Å². The molecule has 2 aliphatic heterocycles. The molecular formula is C27H31N5O2S. The minimum atomic E-state index is -0.0872. The predicted octanol–water partition coefficient (Wildman–Crippen LogP) is 5.06. The standard InChI is InChI=1S/C27H31N5O2S/c1-18-7-4-5-15-31(18)16-6-14-29-26(34)19-10-12-20(13-11-19)32-17-22(33)24(25(32)28)27-30-21-8-2-3-9-23(21)35-27/h2-3,8-13,18,28,33H,4-7,14-17H2,1H3,(H,29,34)/t18-/m0/s1. The monoisotopic (exact) mass is 489 g/mol. The first-order chi connectivity index (χ1) is 17.0. The first-order valence-electron chi connectivity index (χ1n) is 12.3. The van der Waals surface area contributed by atoms with Gasteiger partial charge in [0.1, 0.15) is 16.6 Å². The van der Waals surface area contributed by atoms with Crippen molar-refractivity contribution in [1.82, 2.24) is 15.2 Å². The molecule has 0 radical (unpaired) electrons. The largest absolute Gasteiger partial charge is 0.510 e. The molecule has 8 heteroatoms. The summed E-state index contributed by atoms with van der Waals surface area (Å²) in [7, 11) is 0. The second kappa shape index (κ2) is 10.2. The van der Waals surface area contributed by atoms with Crippen LogP contribution < -0.4 is 10.2 Å². The Hall–Kier alpha value is -3.23. The molecule has 7 nitrogen and oxygen atoms in total. The van der Waals surface area contributed by atoms with Crippen LogP contribution in [0.1, 0.15) is 48.0 Å². The first kappa shape index (κ1) is 23.5. The molecule has 35 heavy (non-hydrogen) atoms. The van der Waals surface area contributed by atoms with Gasteiger partial charge in [0.05, 0.1) is 22.3 Å². The zero-order chi connectivity index (χ0) is 24.4. The topological polar surface area (TPSA) is 92.6 Å². The number of hydrogen-bond donors (Lipinski definition) is 3. The number of thiazole rings is 1. The number of nitrogens with one attached hydrogen (secondary N) is 2. The van der Waals surface area contributed by atoms with Crippen LogP contribution in [0.3, 0.4) is 0 Å². The molecule has 1 fully saturated rings. The lowest BCUT2D eigenvalue weighted by Crippen LogP contribution is -2.39. The van der Waals surface area contributed by atoms with Gasteiger partial charge in [-0.05, 0) is 69.1 Å². The third-order valence-electron chi connectivity index (χ3n) is 6.90. The molecule has 1 aromatic heterocycles. The van der Waals surface area contributed by atoms with Crippen LogP contribution in [-0.2, 0) is 0 Å². The molecule has 2 aromatic carbocycles. The maximum absolute atomic E-state index is 12.6. The SMILES string of the molecule is C[C@H]1CCCCN1CCCNC(=O)c1ccc(N2CC(O)=C(c3nc4ccccc4s3)C2=N)cc1. The van der Waals surface area contributed by atoms with E-state index >= 15 is 0 Å². The number of hydrogen-bond acceptors (Lipinski definition) is 6. The smallest absolute Gasteiger partial charge is 0.251 e. The number of fused-ring (bicyclic) bond motifs is 1. The van der Waals surface area contributed by atoms with Crippen molar-refractivity contribution in [2.45, 2.75) is 38.6 Å². The van der Waals surface area contributed by atoms with E-state index in [2.05, 4.69) is 22.1 Å². The number of benzene rings is 2. The van der Waals surface area contributed by atoms with Crippen molar-refractivity contribution in [1.29, 1.82) is 5.41 Å². The summed E-state index contributed by atoms with van der Waals surface area (Å²) in [5, 5.41) is 23.0. The van der Waals surface area contributed by atoms with E-state index in [1.165, 1.54) is 30.6 Å². The molecule has 3 N–H and O–H groups in total. The number of piperidine rings is 1. The van der Waals surface area contributed by atoms with Gasteiger partial charge in [-0.25, -0.2) is 4.98 Å². The predicted molar refractivity (Wildman–Crippen MR) is 143 cm³/mol. The number of amidine groups is 1. The van der Waals surface area contributed by atoms with Crippen molar-refractivity contribution in [3.63, 3.8) is 0 Å². The molecule has 1 atom stereocenters. The highest BCUT2D eigenvalue weighted by atomic mass is 32.1. The minimum absolute atomic E-state index is 0.0872. The van der Waals surface area contributed by atoms with Crippen LogP contribution >= 0.6 is 11.3 Å². The molecule has 182 valence electrons. The molecule has 0 saturated carbocycles. The number of para-hydroxylation sites is 1. The summed E-state index contributed by atoms with van der Waals surface area (Å²) < 4.78 is 1.02. The summed E-state index contributed by atoms with van der Waals surface area (Å²) in [6.45, 7) is 5.34. The summed E-state index contributed by atoms with van der Waals surface area (Å²) in [6.07, 6.45) is 4.80. The Morgan fingerprint density at radius 2 is 2.00 bits per heavy atom. The van der Waals surface area contributed by atoms with Gasteiger partial charge in [0.15, 0.2) is 0 Å². The van der Waals surface area contributed by atoms with Crippen LogP contribution in [0.5, 0.6) is 0 Å². The van der Waals surface area contributed by atoms with E-state index in [0.717, 1.165) is 35.4 Å². The number of likely N-dealkylation sites (tertiary alicyclic amines) is 1. The van der Waals surface area contributed by atoms with Crippen LogP contribution in [0.25, 0.3) is 15.8 Å². The van der Waals surface area contributed by atoms with Gasteiger partial charge in [0.2, 0.25) is 0 Å². The molecule has 0 aliphatic carbocycles. The number of nitrogens with zero attached hydrogens (tertiary/aromatic N) is 3. The molecule has 3 heterocycles. The van der Waals surface area contributed by atoms with Crippen LogP contribution in [0.4, 0.5) is 5.69 Å². The van der Waals surface area contributed by atoms with Crippen LogP contribution in [-0.4, -0.2) is 59.0 Å².